The van der Waals surface area contributed by atoms with Crippen LogP contribution in [-0.2, 0) is 9.59 Å². The highest BCUT2D eigenvalue weighted by molar-refractivity contribution is 6.51. The second-order valence-electron chi connectivity index (χ2n) is 7.15. The minimum Gasteiger partial charge on any atom is -0.507 e. The second-order valence-corrected chi connectivity index (χ2v) is 7.15. The Morgan fingerprint density at radius 3 is 2.47 bits per heavy atom. The number of aliphatic hydroxyl groups is 1. The maximum Gasteiger partial charge on any atom is 0.300 e. The van der Waals surface area contributed by atoms with E-state index in [-0.39, 0.29) is 11.3 Å². The molecule has 1 aliphatic heterocycles. The molecule has 0 saturated carbocycles. The number of ketones is 1. The molecule has 1 unspecified atom stereocenters. The van der Waals surface area contributed by atoms with Crippen LogP contribution in [0, 0.1) is 13.8 Å². The number of anilines is 1. The predicted molar refractivity (Wildman–Crippen MR) is 112 cm³/mol. The SMILES string of the molecule is COc1ccccc1/C(O)=C1/C(=O)C(=O)N(c2ccc(C)c(C)c2)C1c1ccco1. The molecule has 152 valence electrons. The lowest BCUT2D eigenvalue weighted by molar-refractivity contribution is -0.132. The highest BCUT2D eigenvalue weighted by atomic mass is 16.5. The summed E-state index contributed by atoms with van der Waals surface area (Å²) in [6, 6.07) is 14.8. The van der Waals surface area contributed by atoms with Gasteiger partial charge >= 0.3 is 0 Å². The Bertz CT molecular complexity index is 1160. The van der Waals surface area contributed by atoms with Crippen LogP contribution in [0.3, 0.4) is 0 Å². The molecule has 3 aromatic rings. The number of hydrogen-bond acceptors (Lipinski definition) is 5. The quantitative estimate of drug-likeness (QED) is 0.393. The van der Waals surface area contributed by atoms with E-state index < -0.39 is 17.7 Å². The van der Waals surface area contributed by atoms with Gasteiger partial charge in [-0.25, -0.2) is 0 Å². The first-order valence-corrected chi connectivity index (χ1v) is 9.49. The largest absolute Gasteiger partial charge is 0.507 e. The van der Waals surface area contributed by atoms with E-state index in [1.54, 1.807) is 42.5 Å². The number of aliphatic hydroxyl groups excluding tert-OH is 1. The minimum atomic E-state index is -0.896. The Balaban J connectivity index is 1.95. The molecule has 1 aromatic heterocycles. The van der Waals surface area contributed by atoms with Crippen molar-refractivity contribution in [3.63, 3.8) is 0 Å². The summed E-state index contributed by atoms with van der Waals surface area (Å²) >= 11 is 0. The zero-order valence-electron chi connectivity index (χ0n) is 16.9. The normalized spacial score (nSPS) is 18.1. The van der Waals surface area contributed by atoms with Gasteiger partial charge in [-0.2, -0.15) is 0 Å². The van der Waals surface area contributed by atoms with Crippen molar-refractivity contribution >= 4 is 23.1 Å². The summed E-state index contributed by atoms with van der Waals surface area (Å²) in [6.45, 7) is 3.91. The first kappa shape index (κ1) is 19.5. The molecule has 0 spiro atoms. The van der Waals surface area contributed by atoms with Gasteiger partial charge in [0.1, 0.15) is 23.3 Å². The summed E-state index contributed by atoms with van der Waals surface area (Å²) in [6.07, 6.45) is 1.47. The molecule has 30 heavy (non-hydrogen) atoms. The van der Waals surface area contributed by atoms with Gasteiger partial charge in [0.15, 0.2) is 0 Å². The molecule has 0 bridgehead atoms. The van der Waals surface area contributed by atoms with E-state index in [1.165, 1.54) is 18.3 Å². The number of furan rings is 1. The van der Waals surface area contributed by atoms with Gasteiger partial charge in [-0.3, -0.25) is 14.5 Å². The molecule has 0 aliphatic carbocycles. The summed E-state index contributed by atoms with van der Waals surface area (Å²) in [5, 5.41) is 11.1. The average molecular weight is 403 g/mol. The molecule has 0 radical (unpaired) electrons. The number of rotatable bonds is 4. The first-order chi connectivity index (χ1) is 14.4. The number of amides is 1. The third-order valence-electron chi connectivity index (χ3n) is 5.39. The molecule has 1 N–H and O–H groups in total. The van der Waals surface area contributed by atoms with Gasteiger partial charge in [0, 0.05) is 5.69 Å². The van der Waals surface area contributed by atoms with Crippen molar-refractivity contribution in [2.75, 3.05) is 12.0 Å². The smallest absolute Gasteiger partial charge is 0.300 e. The maximum atomic E-state index is 13.1. The lowest BCUT2D eigenvalue weighted by Gasteiger charge is -2.24. The number of nitrogens with zero attached hydrogens (tertiary/aromatic N) is 1. The molecule has 1 atom stereocenters. The standard InChI is InChI=1S/C24H21NO5/c1-14-10-11-16(13-15(14)2)25-21(19-9-6-12-30-19)20(23(27)24(25)28)22(26)17-7-4-5-8-18(17)29-3/h4-13,21,26H,1-3H3/b22-20-. The fourth-order valence-electron chi connectivity index (χ4n) is 3.68. The van der Waals surface area contributed by atoms with Gasteiger partial charge in [0.25, 0.3) is 11.7 Å². The van der Waals surface area contributed by atoms with E-state index in [2.05, 4.69) is 0 Å². The Hall–Kier alpha value is -3.80. The van der Waals surface area contributed by atoms with Crippen LogP contribution >= 0.6 is 0 Å². The van der Waals surface area contributed by atoms with Crippen molar-refractivity contribution in [2.24, 2.45) is 0 Å². The second kappa shape index (κ2) is 7.55. The molecule has 1 amide bonds. The van der Waals surface area contributed by atoms with Crippen LogP contribution in [0.5, 0.6) is 5.75 Å². The molecule has 1 fully saturated rings. The maximum absolute atomic E-state index is 13.1. The fraction of sp³-hybridized carbons (Fsp3) is 0.167. The van der Waals surface area contributed by atoms with E-state index in [4.69, 9.17) is 9.15 Å². The summed E-state index contributed by atoms with van der Waals surface area (Å²) in [4.78, 5) is 27.5. The third kappa shape index (κ3) is 3.06. The van der Waals surface area contributed by atoms with Gasteiger partial charge in [-0.05, 0) is 61.4 Å². The van der Waals surface area contributed by atoms with Gasteiger partial charge < -0.3 is 14.3 Å². The van der Waals surface area contributed by atoms with Crippen LogP contribution in [0.2, 0.25) is 0 Å². The van der Waals surface area contributed by atoms with Crippen LogP contribution in [-0.4, -0.2) is 23.9 Å². The number of ether oxygens (including phenoxy) is 1. The van der Waals surface area contributed by atoms with Crippen molar-refractivity contribution < 1.29 is 23.8 Å². The summed E-state index contributed by atoms with van der Waals surface area (Å²) in [5.41, 5.74) is 2.89. The van der Waals surface area contributed by atoms with E-state index >= 15 is 0 Å². The predicted octanol–water partition coefficient (Wildman–Crippen LogP) is 4.53. The van der Waals surface area contributed by atoms with Crippen LogP contribution in [0.1, 0.15) is 28.5 Å². The van der Waals surface area contributed by atoms with Crippen molar-refractivity contribution in [3.8, 4) is 5.75 Å². The van der Waals surface area contributed by atoms with Crippen molar-refractivity contribution in [3.05, 3.63) is 88.9 Å². The topological polar surface area (TPSA) is 80.0 Å². The molecular formula is C24H21NO5. The van der Waals surface area contributed by atoms with Gasteiger partial charge in [-0.1, -0.05) is 18.2 Å². The van der Waals surface area contributed by atoms with E-state index in [9.17, 15) is 14.7 Å². The molecule has 4 rings (SSSR count). The Labute approximate surface area is 174 Å². The lowest BCUT2D eigenvalue weighted by atomic mass is 9.98. The number of aryl methyl sites for hydroxylation is 2. The Morgan fingerprint density at radius 1 is 1.03 bits per heavy atom. The van der Waals surface area contributed by atoms with E-state index in [0.29, 0.717) is 22.8 Å². The minimum absolute atomic E-state index is 0.0438. The van der Waals surface area contributed by atoms with Crippen LogP contribution in [0.15, 0.2) is 70.9 Å². The van der Waals surface area contributed by atoms with Crippen molar-refractivity contribution in [2.45, 2.75) is 19.9 Å². The van der Waals surface area contributed by atoms with Crippen LogP contribution in [0.4, 0.5) is 5.69 Å². The Kier molecular flexibility index (Phi) is 4.91. The Morgan fingerprint density at radius 2 is 1.80 bits per heavy atom. The molecule has 1 saturated heterocycles. The average Bonchev–Trinajstić information content (AvgIpc) is 3.37. The molecule has 1 aliphatic rings. The monoisotopic (exact) mass is 403 g/mol. The van der Waals surface area contributed by atoms with E-state index in [1.807, 2.05) is 26.0 Å². The zero-order valence-corrected chi connectivity index (χ0v) is 16.9. The summed E-state index contributed by atoms with van der Waals surface area (Å²) in [5.74, 6) is -1.04. The number of hydrogen-bond donors (Lipinski definition) is 1. The van der Waals surface area contributed by atoms with Crippen LogP contribution in [0.25, 0.3) is 5.76 Å². The molecule has 2 aromatic carbocycles. The van der Waals surface area contributed by atoms with Crippen molar-refractivity contribution in [1.29, 1.82) is 0 Å². The molecular weight excluding hydrogens is 382 g/mol. The van der Waals surface area contributed by atoms with Crippen LogP contribution < -0.4 is 9.64 Å². The summed E-state index contributed by atoms with van der Waals surface area (Å²) < 4.78 is 10.9. The number of Topliss-reactive ketones (excluding diaryl/α,β-unsaturated/α-hetero) is 1. The third-order valence-corrected chi connectivity index (χ3v) is 5.39. The summed E-state index contributed by atoms with van der Waals surface area (Å²) in [7, 11) is 1.48. The highest BCUT2D eigenvalue weighted by Crippen LogP contribution is 2.43. The number of para-hydroxylation sites is 1. The molecule has 2 heterocycles. The number of carbonyl (C=O) groups is 2. The lowest BCUT2D eigenvalue weighted by Crippen LogP contribution is -2.29. The number of methoxy groups -OCH3 is 1. The fourth-order valence-corrected chi connectivity index (χ4v) is 3.68. The number of benzene rings is 2. The zero-order chi connectivity index (χ0) is 21.4. The number of carbonyl (C=O) groups excluding carboxylic acids is 2. The highest BCUT2D eigenvalue weighted by Gasteiger charge is 2.48. The van der Waals surface area contributed by atoms with E-state index in [0.717, 1.165) is 11.1 Å². The van der Waals surface area contributed by atoms with Crippen molar-refractivity contribution in [1.82, 2.24) is 0 Å². The molecule has 6 nitrogen and oxygen atoms in total. The van der Waals surface area contributed by atoms with Gasteiger partial charge in [-0.15, -0.1) is 0 Å². The van der Waals surface area contributed by atoms with Gasteiger partial charge in [0.2, 0.25) is 0 Å². The first-order valence-electron chi connectivity index (χ1n) is 9.49. The van der Waals surface area contributed by atoms with Gasteiger partial charge in [0.05, 0.1) is 24.5 Å². The molecule has 6 heteroatoms.